The molecule has 0 atom stereocenters. The van der Waals surface area contributed by atoms with Crippen molar-refractivity contribution in [2.24, 2.45) is 0 Å². The van der Waals surface area contributed by atoms with Crippen molar-refractivity contribution in [2.45, 2.75) is 0 Å². The fraction of sp³-hybridized carbons (Fsp3) is 0. The molecule has 0 saturated heterocycles. The van der Waals surface area contributed by atoms with Gasteiger partial charge in [-0.2, -0.15) is 10.2 Å². The van der Waals surface area contributed by atoms with Crippen LogP contribution in [0.5, 0.6) is 0 Å². The molecule has 2 nitrogen and oxygen atoms in total. The maximum absolute atomic E-state index is 3.95. The fourth-order valence-electron chi connectivity index (χ4n) is 1.09. The normalized spacial score (nSPS) is 10.6. The summed E-state index contributed by atoms with van der Waals surface area (Å²) in [5.74, 6) is 0. The lowest BCUT2D eigenvalue weighted by molar-refractivity contribution is 1.02. The molecule has 2 aromatic rings. The molecule has 1 radical (unpaired) electrons. The van der Waals surface area contributed by atoms with E-state index >= 15 is 0 Å². The third kappa shape index (κ3) is 2.26. The van der Waals surface area contributed by atoms with Crippen LogP contribution in [0.4, 0.5) is 0 Å². The van der Waals surface area contributed by atoms with Crippen molar-refractivity contribution in [1.29, 1.82) is 0 Å². The molecule has 1 heterocycles. The molecule has 0 bridgehead atoms. The first-order valence-corrected chi connectivity index (χ1v) is 4.37. The molecule has 67 valence electrons. The lowest BCUT2D eigenvalue weighted by Crippen LogP contribution is -1.81. The van der Waals surface area contributed by atoms with Crippen molar-refractivity contribution >= 4 is 12.2 Å². The largest absolute Gasteiger partial charge is 0.159 e. The maximum atomic E-state index is 3.95. The first-order chi connectivity index (χ1) is 6.95. The number of benzene rings is 1. The second kappa shape index (κ2) is 4.33. The van der Waals surface area contributed by atoms with Gasteiger partial charge >= 0.3 is 0 Å². The highest BCUT2D eigenvalue weighted by molar-refractivity contribution is 5.67. The van der Waals surface area contributed by atoms with Crippen LogP contribution in [-0.2, 0) is 0 Å². The molecule has 0 unspecified atom stereocenters. The second-order valence-corrected chi connectivity index (χ2v) is 2.82. The SMILES string of the molecule is [c]1ccc(C=Cc2cccnn2)cc1. The van der Waals surface area contributed by atoms with Gasteiger partial charge in [0.05, 0.1) is 5.69 Å². The zero-order valence-corrected chi connectivity index (χ0v) is 7.59. The summed E-state index contributed by atoms with van der Waals surface area (Å²) in [4.78, 5) is 0. The van der Waals surface area contributed by atoms with Gasteiger partial charge < -0.3 is 0 Å². The van der Waals surface area contributed by atoms with Gasteiger partial charge in [-0.3, -0.25) is 0 Å². The number of hydrogen-bond donors (Lipinski definition) is 0. The fourth-order valence-corrected chi connectivity index (χ4v) is 1.09. The second-order valence-electron chi connectivity index (χ2n) is 2.82. The van der Waals surface area contributed by atoms with Crippen molar-refractivity contribution in [2.75, 3.05) is 0 Å². The van der Waals surface area contributed by atoms with Gasteiger partial charge in [0.1, 0.15) is 0 Å². The lowest BCUT2D eigenvalue weighted by Gasteiger charge is -1.91. The third-order valence-electron chi connectivity index (χ3n) is 1.78. The lowest BCUT2D eigenvalue weighted by atomic mass is 10.2. The first-order valence-electron chi connectivity index (χ1n) is 4.37. The smallest absolute Gasteiger partial charge is 0.0857 e. The van der Waals surface area contributed by atoms with Crippen molar-refractivity contribution in [1.82, 2.24) is 10.2 Å². The first kappa shape index (κ1) is 8.63. The van der Waals surface area contributed by atoms with Crippen LogP contribution in [0.3, 0.4) is 0 Å². The Kier molecular flexibility index (Phi) is 2.67. The molecule has 0 aliphatic heterocycles. The maximum Gasteiger partial charge on any atom is 0.0857 e. The van der Waals surface area contributed by atoms with Gasteiger partial charge in [0.2, 0.25) is 0 Å². The van der Waals surface area contributed by atoms with E-state index in [1.165, 1.54) is 0 Å². The van der Waals surface area contributed by atoms with Crippen LogP contribution in [0.1, 0.15) is 11.3 Å². The summed E-state index contributed by atoms with van der Waals surface area (Å²) < 4.78 is 0. The minimum absolute atomic E-state index is 0.861. The predicted octanol–water partition coefficient (Wildman–Crippen LogP) is 2.45. The molecule has 1 aromatic heterocycles. The van der Waals surface area contributed by atoms with E-state index in [2.05, 4.69) is 16.3 Å². The van der Waals surface area contributed by atoms with Crippen molar-refractivity contribution in [3.8, 4) is 0 Å². The molecule has 2 rings (SSSR count). The highest BCUT2D eigenvalue weighted by Crippen LogP contribution is 2.04. The number of nitrogens with zero attached hydrogens (tertiary/aromatic N) is 2. The van der Waals surface area contributed by atoms with Gasteiger partial charge in [0.15, 0.2) is 0 Å². The zero-order chi connectivity index (χ0) is 9.64. The molecule has 0 aliphatic carbocycles. The van der Waals surface area contributed by atoms with Gasteiger partial charge in [0.25, 0.3) is 0 Å². The van der Waals surface area contributed by atoms with Crippen LogP contribution in [-0.4, -0.2) is 10.2 Å². The number of hydrogen-bond acceptors (Lipinski definition) is 2. The summed E-state index contributed by atoms with van der Waals surface area (Å²) in [6.45, 7) is 0. The van der Waals surface area contributed by atoms with Crippen LogP contribution in [0, 0.1) is 6.07 Å². The summed E-state index contributed by atoms with van der Waals surface area (Å²) in [5.41, 5.74) is 2.00. The van der Waals surface area contributed by atoms with Gasteiger partial charge in [-0.1, -0.05) is 30.3 Å². The van der Waals surface area contributed by atoms with Gasteiger partial charge in [-0.05, 0) is 29.8 Å². The molecule has 0 N–H and O–H groups in total. The summed E-state index contributed by atoms with van der Waals surface area (Å²) in [6, 6.07) is 14.5. The molecule has 0 aliphatic rings. The number of rotatable bonds is 2. The highest BCUT2D eigenvalue weighted by atomic mass is 15.1. The Morgan fingerprint density at radius 3 is 2.64 bits per heavy atom. The van der Waals surface area contributed by atoms with E-state index in [0.717, 1.165) is 11.3 Å². The summed E-state index contributed by atoms with van der Waals surface area (Å²) in [5, 5.41) is 7.74. The molecule has 0 spiro atoms. The molecule has 1 aromatic carbocycles. The third-order valence-corrected chi connectivity index (χ3v) is 1.78. The van der Waals surface area contributed by atoms with Crippen molar-refractivity contribution < 1.29 is 0 Å². The Balaban J connectivity index is 2.16. The summed E-state index contributed by atoms with van der Waals surface area (Å²) in [6.07, 6.45) is 5.59. The predicted molar refractivity (Wildman–Crippen MR) is 56.2 cm³/mol. The molecular weight excluding hydrogens is 172 g/mol. The van der Waals surface area contributed by atoms with E-state index in [1.54, 1.807) is 6.20 Å². The van der Waals surface area contributed by atoms with Crippen LogP contribution in [0.15, 0.2) is 42.6 Å². The van der Waals surface area contributed by atoms with Crippen molar-refractivity contribution in [3.05, 3.63) is 59.9 Å². The summed E-state index contributed by atoms with van der Waals surface area (Å²) in [7, 11) is 0. The minimum atomic E-state index is 0.861. The molecule has 0 saturated carbocycles. The zero-order valence-electron chi connectivity index (χ0n) is 7.59. The standard InChI is InChI=1S/C12H9N2/c1-2-5-11(6-3-1)8-9-12-7-4-10-13-14-12/h2-10H. The Morgan fingerprint density at radius 1 is 1.07 bits per heavy atom. The molecule has 14 heavy (non-hydrogen) atoms. The van der Waals surface area contributed by atoms with E-state index in [1.807, 2.05) is 48.6 Å². The monoisotopic (exact) mass is 181 g/mol. The molecule has 2 heteroatoms. The van der Waals surface area contributed by atoms with Crippen LogP contribution < -0.4 is 0 Å². The Labute approximate surface area is 82.9 Å². The Hall–Kier alpha value is -1.96. The average Bonchev–Trinajstić information content (AvgIpc) is 2.29. The van der Waals surface area contributed by atoms with Crippen molar-refractivity contribution in [3.63, 3.8) is 0 Å². The van der Waals surface area contributed by atoms with Crippen LogP contribution >= 0.6 is 0 Å². The van der Waals surface area contributed by atoms with E-state index in [9.17, 15) is 0 Å². The number of aromatic nitrogens is 2. The molecule has 0 fully saturated rings. The van der Waals surface area contributed by atoms with Gasteiger partial charge in [0, 0.05) is 6.20 Å². The van der Waals surface area contributed by atoms with E-state index in [4.69, 9.17) is 0 Å². The average molecular weight is 181 g/mol. The molecule has 0 amide bonds. The Morgan fingerprint density at radius 2 is 1.93 bits per heavy atom. The van der Waals surface area contributed by atoms with E-state index in [-0.39, 0.29) is 0 Å². The summed E-state index contributed by atoms with van der Waals surface area (Å²) >= 11 is 0. The minimum Gasteiger partial charge on any atom is -0.159 e. The van der Waals surface area contributed by atoms with Crippen LogP contribution in [0.2, 0.25) is 0 Å². The quantitative estimate of drug-likeness (QED) is 0.711. The van der Waals surface area contributed by atoms with E-state index in [0.29, 0.717) is 0 Å². The van der Waals surface area contributed by atoms with Gasteiger partial charge in [-0.15, -0.1) is 0 Å². The topological polar surface area (TPSA) is 25.8 Å². The molecular formula is C12H9N2. The van der Waals surface area contributed by atoms with Crippen LogP contribution in [0.25, 0.3) is 12.2 Å². The van der Waals surface area contributed by atoms with E-state index < -0.39 is 0 Å². The van der Waals surface area contributed by atoms with Gasteiger partial charge in [-0.25, -0.2) is 0 Å². The highest BCUT2D eigenvalue weighted by Gasteiger charge is 1.86. The Bertz CT molecular complexity index is 365.